The Kier molecular flexibility index (Phi) is 3.91. The van der Waals surface area contributed by atoms with Crippen LogP contribution in [0.5, 0.6) is 0 Å². The number of nitrogens with two attached hydrogens (primary N) is 1. The van der Waals surface area contributed by atoms with Crippen LogP contribution < -0.4 is 5.73 Å². The Morgan fingerprint density at radius 3 is 2.56 bits per heavy atom. The lowest BCUT2D eigenvalue weighted by Gasteiger charge is -2.03. The highest BCUT2D eigenvalue weighted by Crippen LogP contribution is 2.32. The van der Waals surface area contributed by atoms with Gasteiger partial charge in [0, 0.05) is 6.04 Å². The van der Waals surface area contributed by atoms with Crippen LogP contribution in [0.15, 0.2) is 12.7 Å². The summed E-state index contributed by atoms with van der Waals surface area (Å²) in [6.07, 6.45) is 5.58. The first-order chi connectivity index (χ1) is 3.84. The molecule has 0 radical (unpaired) electrons. The standard InChI is InChI=1S/C7H13N.ClH/c1-2-3-7(8)6-4-5-6;/h2,6-7H,1,3-5,8H2;1H/t7-;/m0./s1. The van der Waals surface area contributed by atoms with Crippen molar-refractivity contribution in [2.45, 2.75) is 25.3 Å². The number of hydrogen-bond acceptors (Lipinski definition) is 1. The fraction of sp³-hybridized carbons (Fsp3) is 0.714. The van der Waals surface area contributed by atoms with Gasteiger partial charge < -0.3 is 5.73 Å². The van der Waals surface area contributed by atoms with Gasteiger partial charge in [0.2, 0.25) is 0 Å². The van der Waals surface area contributed by atoms with Crippen molar-refractivity contribution < 1.29 is 0 Å². The van der Waals surface area contributed by atoms with Gasteiger partial charge in [0.1, 0.15) is 0 Å². The van der Waals surface area contributed by atoms with Crippen LogP contribution in [0.25, 0.3) is 0 Å². The molecule has 2 heteroatoms. The minimum atomic E-state index is 0. The average Bonchev–Trinajstić information content (AvgIpc) is 2.45. The molecule has 1 nitrogen and oxygen atoms in total. The van der Waals surface area contributed by atoms with Crippen LogP contribution in [0.1, 0.15) is 19.3 Å². The molecule has 0 aromatic carbocycles. The summed E-state index contributed by atoms with van der Waals surface area (Å²) in [4.78, 5) is 0. The van der Waals surface area contributed by atoms with Gasteiger partial charge in [-0.05, 0) is 25.2 Å². The number of rotatable bonds is 3. The molecule has 54 valence electrons. The van der Waals surface area contributed by atoms with Crippen molar-refractivity contribution >= 4 is 12.4 Å². The van der Waals surface area contributed by atoms with E-state index in [1.54, 1.807) is 0 Å². The lowest BCUT2D eigenvalue weighted by Crippen LogP contribution is -2.20. The van der Waals surface area contributed by atoms with Crippen LogP contribution in [-0.4, -0.2) is 6.04 Å². The first-order valence-electron chi connectivity index (χ1n) is 3.21. The van der Waals surface area contributed by atoms with Crippen molar-refractivity contribution in [2.24, 2.45) is 11.7 Å². The van der Waals surface area contributed by atoms with Gasteiger partial charge in [0.05, 0.1) is 0 Å². The molecule has 0 amide bonds. The molecule has 0 aromatic rings. The molecule has 0 unspecified atom stereocenters. The second-order valence-electron chi connectivity index (χ2n) is 2.53. The topological polar surface area (TPSA) is 26.0 Å². The fourth-order valence-electron chi connectivity index (χ4n) is 0.909. The number of hydrogen-bond donors (Lipinski definition) is 1. The summed E-state index contributed by atoms with van der Waals surface area (Å²) in [7, 11) is 0. The molecule has 0 spiro atoms. The smallest absolute Gasteiger partial charge is 0.0102 e. The van der Waals surface area contributed by atoms with Crippen molar-refractivity contribution in [3.63, 3.8) is 0 Å². The van der Waals surface area contributed by atoms with E-state index in [9.17, 15) is 0 Å². The molecular weight excluding hydrogens is 134 g/mol. The third-order valence-electron chi connectivity index (χ3n) is 1.67. The van der Waals surface area contributed by atoms with Gasteiger partial charge in [-0.3, -0.25) is 0 Å². The Balaban J connectivity index is 0.000000640. The normalized spacial score (nSPS) is 20.1. The van der Waals surface area contributed by atoms with Crippen LogP contribution in [-0.2, 0) is 0 Å². The second-order valence-corrected chi connectivity index (χ2v) is 2.53. The molecule has 1 atom stereocenters. The molecule has 1 fully saturated rings. The van der Waals surface area contributed by atoms with Crippen molar-refractivity contribution in [1.82, 2.24) is 0 Å². The van der Waals surface area contributed by atoms with Gasteiger partial charge >= 0.3 is 0 Å². The molecule has 1 rings (SSSR count). The van der Waals surface area contributed by atoms with E-state index in [4.69, 9.17) is 5.73 Å². The van der Waals surface area contributed by atoms with Gasteiger partial charge in [-0.25, -0.2) is 0 Å². The predicted molar refractivity (Wildman–Crippen MR) is 42.8 cm³/mol. The summed E-state index contributed by atoms with van der Waals surface area (Å²) in [5.74, 6) is 0.827. The van der Waals surface area contributed by atoms with Gasteiger partial charge in [-0.2, -0.15) is 0 Å². The molecule has 1 saturated carbocycles. The van der Waals surface area contributed by atoms with E-state index in [2.05, 4.69) is 6.58 Å². The van der Waals surface area contributed by atoms with Gasteiger partial charge in [-0.15, -0.1) is 19.0 Å². The fourth-order valence-corrected chi connectivity index (χ4v) is 0.909. The zero-order valence-electron chi connectivity index (χ0n) is 5.55. The van der Waals surface area contributed by atoms with Crippen molar-refractivity contribution in [2.75, 3.05) is 0 Å². The number of halogens is 1. The molecule has 0 bridgehead atoms. The summed E-state index contributed by atoms with van der Waals surface area (Å²) in [6.45, 7) is 3.63. The van der Waals surface area contributed by atoms with E-state index >= 15 is 0 Å². The highest BCUT2D eigenvalue weighted by atomic mass is 35.5. The second kappa shape index (κ2) is 3.91. The quantitative estimate of drug-likeness (QED) is 0.605. The first-order valence-corrected chi connectivity index (χ1v) is 3.21. The third kappa shape index (κ3) is 2.87. The summed E-state index contributed by atoms with van der Waals surface area (Å²) >= 11 is 0. The minimum absolute atomic E-state index is 0. The molecule has 0 saturated heterocycles. The first kappa shape index (κ1) is 8.99. The molecular formula is C7H14ClN. The van der Waals surface area contributed by atoms with Crippen LogP contribution in [0.2, 0.25) is 0 Å². The highest BCUT2D eigenvalue weighted by molar-refractivity contribution is 5.85. The maximum absolute atomic E-state index is 5.72. The van der Waals surface area contributed by atoms with Crippen LogP contribution in [0.4, 0.5) is 0 Å². The van der Waals surface area contributed by atoms with E-state index in [1.807, 2.05) is 6.08 Å². The predicted octanol–water partition coefficient (Wildman–Crippen LogP) is 1.72. The third-order valence-corrected chi connectivity index (χ3v) is 1.67. The summed E-state index contributed by atoms with van der Waals surface area (Å²) in [5, 5.41) is 0. The average molecular weight is 148 g/mol. The Labute approximate surface area is 62.7 Å². The lowest BCUT2D eigenvalue weighted by atomic mass is 10.1. The Bertz CT molecular complexity index is 88.9. The van der Waals surface area contributed by atoms with Crippen LogP contribution in [0, 0.1) is 5.92 Å². The maximum Gasteiger partial charge on any atom is 0.0102 e. The maximum atomic E-state index is 5.72. The molecule has 0 aromatic heterocycles. The molecule has 1 aliphatic carbocycles. The zero-order valence-corrected chi connectivity index (χ0v) is 6.36. The van der Waals surface area contributed by atoms with Crippen molar-refractivity contribution in [3.05, 3.63) is 12.7 Å². The molecule has 1 aliphatic rings. The molecule has 0 heterocycles. The molecule has 9 heavy (non-hydrogen) atoms. The van der Waals surface area contributed by atoms with Crippen LogP contribution >= 0.6 is 12.4 Å². The van der Waals surface area contributed by atoms with Gasteiger partial charge in [0.25, 0.3) is 0 Å². The van der Waals surface area contributed by atoms with E-state index < -0.39 is 0 Å². The van der Waals surface area contributed by atoms with Gasteiger partial charge in [0.15, 0.2) is 0 Å². The van der Waals surface area contributed by atoms with Gasteiger partial charge in [-0.1, -0.05) is 6.08 Å². The molecule has 2 N–H and O–H groups in total. The highest BCUT2D eigenvalue weighted by Gasteiger charge is 2.26. The Morgan fingerprint density at radius 1 is 1.67 bits per heavy atom. The van der Waals surface area contributed by atoms with E-state index in [1.165, 1.54) is 12.8 Å². The van der Waals surface area contributed by atoms with Crippen molar-refractivity contribution in [1.29, 1.82) is 0 Å². The zero-order chi connectivity index (χ0) is 5.98. The van der Waals surface area contributed by atoms with Crippen molar-refractivity contribution in [3.8, 4) is 0 Å². The monoisotopic (exact) mass is 147 g/mol. The Morgan fingerprint density at radius 2 is 2.22 bits per heavy atom. The lowest BCUT2D eigenvalue weighted by molar-refractivity contribution is 0.603. The Hall–Kier alpha value is -0.0100. The summed E-state index contributed by atoms with van der Waals surface area (Å²) in [6, 6.07) is 0.410. The SMILES string of the molecule is C=CC[C@H](N)C1CC1.Cl. The molecule has 0 aliphatic heterocycles. The van der Waals surface area contributed by atoms with E-state index in [0.717, 1.165) is 12.3 Å². The van der Waals surface area contributed by atoms with E-state index in [-0.39, 0.29) is 12.4 Å². The van der Waals surface area contributed by atoms with Crippen LogP contribution in [0.3, 0.4) is 0 Å². The summed E-state index contributed by atoms with van der Waals surface area (Å²) < 4.78 is 0. The minimum Gasteiger partial charge on any atom is -0.327 e. The van der Waals surface area contributed by atoms with E-state index in [0.29, 0.717) is 6.04 Å². The largest absolute Gasteiger partial charge is 0.327 e. The summed E-state index contributed by atoms with van der Waals surface area (Å²) in [5.41, 5.74) is 5.72.